The molecule has 6 nitrogen and oxygen atoms in total. The van der Waals surface area contributed by atoms with Crippen molar-refractivity contribution >= 4 is 30.2 Å². The molecular formula is C18H25BF3N2O4-. The molecule has 1 aromatic carbocycles. The van der Waals surface area contributed by atoms with Crippen molar-refractivity contribution in [1.82, 2.24) is 4.90 Å². The van der Waals surface area contributed by atoms with E-state index < -0.39 is 36.5 Å². The highest BCUT2D eigenvalue weighted by atomic mass is 19.4. The number of nitrogens with zero attached hydrogens (tertiary/aromatic N) is 2. The van der Waals surface area contributed by atoms with E-state index >= 15 is 0 Å². The van der Waals surface area contributed by atoms with Crippen LogP contribution in [0, 0.1) is 6.92 Å². The molecule has 0 spiro atoms. The van der Waals surface area contributed by atoms with Crippen LogP contribution in [-0.2, 0) is 16.0 Å². The first-order valence-electron chi connectivity index (χ1n) is 9.06. The van der Waals surface area contributed by atoms with Crippen molar-refractivity contribution in [1.29, 1.82) is 0 Å². The highest BCUT2D eigenvalue weighted by Crippen LogP contribution is 2.24. The highest BCUT2D eigenvalue weighted by molar-refractivity contribution is 6.74. The number of anilines is 1. The fourth-order valence-electron chi connectivity index (χ4n) is 3.12. The van der Waals surface area contributed by atoms with Gasteiger partial charge in [-0.3, -0.25) is 4.79 Å². The monoisotopic (exact) mass is 401 g/mol. The topological polar surface area (TPSA) is 70.1 Å². The number of hydrogen-bond acceptors (Lipinski definition) is 4. The van der Waals surface area contributed by atoms with Crippen LogP contribution in [0.4, 0.5) is 23.4 Å². The summed E-state index contributed by atoms with van der Waals surface area (Å²) < 4.78 is 45.7. The van der Waals surface area contributed by atoms with Crippen LogP contribution in [0.5, 0.6) is 0 Å². The second-order valence-electron chi connectivity index (χ2n) is 7.92. The quantitative estimate of drug-likeness (QED) is 0.786. The zero-order valence-corrected chi connectivity index (χ0v) is 16.5. The number of ether oxygens (including phenoxy) is 1. The highest BCUT2D eigenvalue weighted by Gasteiger charge is 2.31. The van der Waals surface area contributed by atoms with Crippen LogP contribution in [-0.4, -0.2) is 60.8 Å². The van der Waals surface area contributed by atoms with E-state index in [1.807, 2.05) is 0 Å². The molecule has 28 heavy (non-hydrogen) atoms. The van der Waals surface area contributed by atoms with Gasteiger partial charge in [0.25, 0.3) is 0 Å². The summed E-state index contributed by atoms with van der Waals surface area (Å²) >= 11 is 0. The molecule has 1 aliphatic heterocycles. The molecular weight excluding hydrogens is 376 g/mol. The second kappa shape index (κ2) is 7.93. The van der Waals surface area contributed by atoms with Gasteiger partial charge in [0.1, 0.15) is 5.60 Å². The largest absolute Gasteiger partial charge is 0.509 e. The number of carbonyl (C=O) groups excluding carboxylic acids is 1. The van der Waals surface area contributed by atoms with Crippen molar-refractivity contribution in [3.05, 3.63) is 23.3 Å². The zero-order valence-electron chi connectivity index (χ0n) is 16.5. The molecule has 0 aliphatic carbocycles. The minimum atomic E-state index is -5.27. The van der Waals surface area contributed by atoms with E-state index in [1.54, 1.807) is 25.7 Å². The molecule has 0 atom stereocenters. The number of carboxylic acid groups (broad SMARTS) is 1. The number of aliphatic carboxylic acids is 1. The number of halogens is 3. The van der Waals surface area contributed by atoms with E-state index in [4.69, 9.17) is 9.84 Å². The van der Waals surface area contributed by atoms with E-state index in [0.717, 1.165) is 6.07 Å². The minimum Gasteiger partial charge on any atom is -0.481 e. The maximum absolute atomic E-state index is 13.5. The van der Waals surface area contributed by atoms with Gasteiger partial charge in [0.15, 0.2) is 0 Å². The lowest BCUT2D eigenvalue weighted by Gasteiger charge is -2.37. The fourth-order valence-corrected chi connectivity index (χ4v) is 3.12. The third kappa shape index (κ3) is 5.56. The smallest absolute Gasteiger partial charge is 0.481 e. The molecule has 1 N–H and O–H groups in total. The summed E-state index contributed by atoms with van der Waals surface area (Å²) in [6, 6.07) is 2.57. The van der Waals surface area contributed by atoms with Crippen molar-refractivity contribution in [3.8, 4) is 0 Å². The van der Waals surface area contributed by atoms with Gasteiger partial charge in [-0.05, 0) is 39.3 Å². The summed E-state index contributed by atoms with van der Waals surface area (Å²) in [5.41, 5.74) is -0.983. The number of rotatable bonds is 4. The van der Waals surface area contributed by atoms with Crippen molar-refractivity contribution in [2.24, 2.45) is 0 Å². The van der Waals surface area contributed by atoms with E-state index in [1.165, 1.54) is 17.9 Å². The summed E-state index contributed by atoms with van der Waals surface area (Å²) in [7, 11) is 0. The van der Waals surface area contributed by atoms with Crippen LogP contribution >= 0.6 is 0 Å². The van der Waals surface area contributed by atoms with E-state index in [-0.39, 0.29) is 11.1 Å². The Morgan fingerprint density at radius 2 is 1.71 bits per heavy atom. The van der Waals surface area contributed by atoms with Crippen LogP contribution in [0.1, 0.15) is 31.9 Å². The Balaban J connectivity index is 2.22. The summed E-state index contributed by atoms with van der Waals surface area (Å²) in [6.07, 6.45) is -0.932. The lowest BCUT2D eigenvalue weighted by molar-refractivity contribution is -0.136. The van der Waals surface area contributed by atoms with Gasteiger partial charge in [0, 0.05) is 31.9 Å². The van der Waals surface area contributed by atoms with E-state index in [9.17, 15) is 22.5 Å². The number of hydrogen-bond donors (Lipinski definition) is 1. The van der Waals surface area contributed by atoms with Crippen molar-refractivity contribution in [3.63, 3.8) is 0 Å². The van der Waals surface area contributed by atoms with Gasteiger partial charge in [0.05, 0.1) is 6.42 Å². The number of benzene rings is 1. The molecule has 0 radical (unpaired) electrons. The summed E-state index contributed by atoms with van der Waals surface area (Å²) in [4.78, 5) is 26.4. The van der Waals surface area contributed by atoms with Crippen LogP contribution in [0.3, 0.4) is 0 Å². The van der Waals surface area contributed by atoms with Crippen molar-refractivity contribution in [2.45, 2.75) is 39.7 Å². The van der Waals surface area contributed by atoms with Crippen molar-refractivity contribution in [2.75, 3.05) is 31.1 Å². The Kier molecular flexibility index (Phi) is 6.20. The molecule has 0 unspecified atom stereocenters. The molecule has 1 heterocycles. The molecule has 10 heteroatoms. The Labute approximate surface area is 162 Å². The van der Waals surface area contributed by atoms with Gasteiger partial charge >= 0.3 is 19.0 Å². The van der Waals surface area contributed by atoms with E-state index in [0.29, 0.717) is 31.9 Å². The lowest BCUT2D eigenvalue weighted by atomic mass is 9.75. The molecule has 0 saturated carbocycles. The fraction of sp³-hybridized carbons (Fsp3) is 0.556. The Morgan fingerprint density at radius 1 is 1.14 bits per heavy atom. The number of carbonyl (C=O) groups is 2. The molecule has 1 aliphatic rings. The Hall–Kier alpha value is -2.39. The molecule has 0 aromatic heterocycles. The van der Waals surface area contributed by atoms with Gasteiger partial charge in [-0.1, -0.05) is 11.6 Å². The molecule has 1 saturated heterocycles. The van der Waals surface area contributed by atoms with Crippen LogP contribution < -0.4 is 10.4 Å². The standard InChI is InChI=1S/C18H25BF3N2O4/c1-12-13(10-16(25)26)9-14(11-15(12)19(20,21)22)23-5-7-24(8-6-23)17(27)28-18(2,3)4/h9,11H,5-8,10H2,1-4H3,(H,25,26)/q-1. The molecule has 2 rings (SSSR count). The Morgan fingerprint density at radius 3 is 2.18 bits per heavy atom. The van der Waals surface area contributed by atoms with Gasteiger partial charge in [-0.25, -0.2) is 4.79 Å². The van der Waals surface area contributed by atoms with Crippen LogP contribution in [0.15, 0.2) is 12.1 Å². The molecule has 156 valence electrons. The predicted octanol–water partition coefficient (Wildman–Crippen LogP) is 2.73. The summed E-state index contributed by atoms with van der Waals surface area (Å²) in [6.45, 7) is 2.60. The number of piperazine rings is 1. The number of amides is 1. The maximum Gasteiger partial charge on any atom is 0.509 e. The van der Waals surface area contributed by atoms with Crippen molar-refractivity contribution < 1.29 is 32.4 Å². The average molecular weight is 401 g/mol. The second-order valence-corrected chi connectivity index (χ2v) is 7.92. The maximum atomic E-state index is 13.5. The molecule has 1 amide bonds. The lowest BCUT2D eigenvalue weighted by Crippen LogP contribution is -2.50. The van der Waals surface area contributed by atoms with Crippen LogP contribution in [0.25, 0.3) is 0 Å². The van der Waals surface area contributed by atoms with Gasteiger partial charge in [-0.15, -0.1) is 5.46 Å². The molecule has 1 fully saturated rings. The van der Waals surface area contributed by atoms with Gasteiger partial charge < -0.3 is 32.6 Å². The van der Waals surface area contributed by atoms with Gasteiger partial charge in [0.2, 0.25) is 0 Å². The normalized spacial score (nSPS) is 15.5. The zero-order chi connectivity index (χ0) is 21.3. The number of carboxylic acids is 1. The molecule has 0 bridgehead atoms. The third-order valence-corrected chi connectivity index (χ3v) is 4.53. The Bertz CT molecular complexity index is 754. The first-order valence-corrected chi connectivity index (χ1v) is 9.06. The first-order chi connectivity index (χ1) is 12.8. The summed E-state index contributed by atoms with van der Waals surface area (Å²) in [5, 5.41) is 9.03. The summed E-state index contributed by atoms with van der Waals surface area (Å²) in [5.74, 6) is -1.18. The minimum absolute atomic E-state index is 0.0500. The van der Waals surface area contributed by atoms with Gasteiger partial charge in [-0.2, -0.15) is 0 Å². The first kappa shape index (κ1) is 21.9. The third-order valence-electron chi connectivity index (χ3n) is 4.53. The molecule has 1 aromatic rings. The van der Waals surface area contributed by atoms with E-state index in [2.05, 4.69) is 0 Å². The SMILES string of the molecule is Cc1c(CC(=O)O)cc(N2CCN(C(=O)OC(C)(C)C)CC2)cc1[B-](F)(F)F. The average Bonchev–Trinajstić information content (AvgIpc) is 2.53. The predicted molar refractivity (Wildman–Crippen MR) is 101 cm³/mol. The van der Waals surface area contributed by atoms with Crippen LogP contribution in [0.2, 0.25) is 0 Å².